The Morgan fingerprint density at radius 3 is 2.61 bits per heavy atom. The van der Waals surface area contributed by atoms with Gasteiger partial charge in [0.15, 0.2) is 0 Å². The van der Waals surface area contributed by atoms with Gasteiger partial charge < -0.3 is 14.2 Å². The maximum atomic E-state index is 10.5. The maximum Gasteiger partial charge on any atom is 0.108 e. The zero-order valence-corrected chi connectivity index (χ0v) is 14.0. The summed E-state index contributed by atoms with van der Waals surface area (Å²) in [4.78, 5) is 8.81. The Kier molecular flexibility index (Phi) is 4.48. The summed E-state index contributed by atoms with van der Waals surface area (Å²) < 4.78 is 4.07. The molecule has 3 rings (SSSR count). The summed E-state index contributed by atoms with van der Waals surface area (Å²) in [5, 5.41) is 10.5. The van der Waals surface area contributed by atoms with Crippen LogP contribution in [0.25, 0.3) is 11.0 Å². The van der Waals surface area contributed by atoms with Gasteiger partial charge in [0.05, 0.1) is 36.6 Å². The predicted molar refractivity (Wildman–Crippen MR) is 91.4 cm³/mol. The lowest BCUT2D eigenvalue weighted by atomic mass is 10.1. The number of aliphatic hydroxyl groups excluding tert-OH is 1. The maximum absolute atomic E-state index is 10.5. The van der Waals surface area contributed by atoms with Gasteiger partial charge in [-0.05, 0) is 43.5 Å². The van der Waals surface area contributed by atoms with E-state index in [1.54, 1.807) is 6.20 Å². The minimum atomic E-state index is -0.473. The molecule has 5 nitrogen and oxygen atoms in total. The Hall–Kier alpha value is -2.14. The molecule has 2 aromatic heterocycles. The van der Waals surface area contributed by atoms with Crippen LogP contribution in [-0.4, -0.2) is 30.3 Å². The number of aromatic nitrogens is 4. The molecule has 1 N–H and O–H groups in total. The van der Waals surface area contributed by atoms with Gasteiger partial charge >= 0.3 is 0 Å². The van der Waals surface area contributed by atoms with Crippen molar-refractivity contribution in [3.63, 3.8) is 0 Å². The predicted octanol–water partition coefficient (Wildman–Crippen LogP) is 2.86. The van der Waals surface area contributed by atoms with E-state index >= 15 is 0 Å². The van der Waals surface area contributed by atoms with E-state index in [1.807, 2.05) is 21.7 Å². The van der Waals surface area contributed by atoms with Crippen LogP contribution in [0.1, 0.15) is 30.3 Å². The van der Waals surface area contributed by atoms with Crippen molar-refractivity contribution in [1.82, 2.24) is 19.1 Å². The van der Waals surface area contributed by atoms with Gasteiger partial charge in [-0.3, -0.25) is 0 Å². The third kappa shape index (κ3) is 3.29. The zero-order chi connectivity index (χ0) is 16.4. The topological polar surface area (TPSA) is 55.9 Å². The highest BCUT2D eigenvalue weighted by Crippen LogP contribution is 2.19. The smallest absolute Gasteiger partial charge is 0.108 e. The molecule has 3 aromatic rings. The number of nitrogens with zero attached hydrogens (tertiary/aromatic N) is 4. The molecule has 1 unspecified atom stereocenters. The van der Waals surface area contributed by atoms with E-state index in [0.29, 0.717) is 13.1 Å². The van der Waals surface area contributed by atoms with E-state index in [-0.39, 0.29) is 0 Å². The quantitative estimate of drug-likeness (QED) is 0.761. The van der Waals surface area contributed by atoms with Crippen molar-refractivity contribution in [3.05, 3.63) is 47.8 Å². The number of fused-ring (bicyclic) bond motifs is 1. The molecule has 5 heteroatoms. The normalized spacial score (nSPS) is 12.9. The Morgan fingerprint density at radius 2 is 1.83 bits per heavy atom. The third-order valence-electron chi connectivity index (χ3n) is 4.33. The number of hydrogen-bond acceptors (Lipinski definition) is 3. The second-order valence-corrected chi connectivity index (χ2v) is 6.22. The van der Waals surface area contributed by atoms with Crippen LogP contribution in [0.4, 0.5) is 0 Å². The monoisotopic (exact) mass is 312 g/mol. The summed E-state index contributed by atoms with van der Waals surface area (Å²) in [5.74, 6) is 1.04. The number of aryl methyl sites for hydroxylation is 3. The number of rotatable bonds is 6. The molecule has 0 fully saturated rings. The van der Waals surface area contributed by atoms with E-state index in [2.05, 4.69) is 42.9 Å². The summed E-state index contributed by atoms with van der Waals surface area (Å²) in [6.45, 7) is 7.42. The SMILES string of the molecule is CCCc1nccn1CC(O)Cn1cnc2cc(C)c(C)cc21. The molecular formula is C18H24N4O. The molecule has 2 heterocycles. The first-order chi connectivity index (χ1) is 11.1. The fourth-order valence-electron chi connectivity index (χ4n) is 2.93. The molecule has 0 saturated heterocycles. The van der Waals surface area contributed by atoms with Crippen LogP contribution in [0, 0.1) is 13.8 Å². The van der Waals surface area contributed by atoms with Crippen molar-refractivity contribution >= 4 is 11.0 Å². The average Bonchev–Trinajstić information content (AvgIpc) is 3.09. The van der Waals surface area contributed by atoms with E-state index in [4.69, 9.17) is 0 Å². The van der Waals surface area contributed by atoms with Gasteiger partial charge in [-0.2, -0.15) is 0 Å². The standard InChI is InChI=1S/C18H24N4O/c1-4-5-18-19-6-7-21(18)10-15(23)11-22-12-20-16-8-13(2)14(3)9-17(16)22/h6-9,12,15,23H,4-5,10-11H2,1-3H3. The van der Waals surface area contributed by atoms with Gasteiger partial charge in [0.1, 0.15) is 5.82 Å². The molecule has 1 aromatic carbocycles. The lowest BCUT2D eigenvalue weighted by Crippen LogP contribution is -2.22. The van der Waals surface area contributed by atoms with Crippen LogP contribution >= 0.6 is 0 Å². The number of hydrogen-bond donors (Lipinski definition) is 1. The van der Waals surface area contributed by atoms with E-state index in [1.165, 1.54) is 11.1 Å². The van der Waals surface area contributed by atoms with Gasteiger partial charge in [0.25, 0.3) is 0 Å². The van der Waals surface area contributed by atoms with Crippen molar-refractivity contribution in [2.75, 3.05) is 0 Å². The molecule has 0 amide bonds. The molecule has 1 atom stereocenters. The number of aliphatic hydroxyl groups is 1. The highest BCUT2D eigenvalue weighted by atomic mass is 16.3. The molecule has 0 aliphatic heterocycles. The first-order valence-corrected chi connectivity index (χ1v) is 8.18. The summed E-state index contributed by atoms with van der Waals surface area (Å²) in [5.41, 5.74) is 4.54. The molecule has 0 saturated carbocycles. The average molecular weight is 312 g/mol. The van der Waals surface area contributed by atoms with Crippen molar-refractivity contribution in [2.24, 2.45) is 0 Å². The zero-order valence-electron chi connectivity index (χ0n) is 14.0. The Balaban J connectivity index is 1.76. The molecule has 0 bridgehead atoms. The highest BCUT2D eigenvalue weighted by Gasteiger charge is 2.12. The lowest BCUT2D eigenvalue weighted by Gasteiger charge is -2.15. The summed E-state index contributed by atoms with van der Waals surface area (Å²) >= 11 is 0. The van der Waals surface area contributed by atoms with Crippen LogP contribution in [0.5, 0.6) is 0 Å². The fraction of sp³-hybridized carbons (Fsp3) is 0.444. The highest BCUT2D eigenvalue weighted by molar-refractivity contribution is 5.77. The van der Waals surface area contributed by atoms with Crippen LogP contribution in [0.15, 0.2) is 30.9 Å². The molecule has 0 aliphatic rings. The minimum Gasteiger partial charge on any atom is -0.389 e. The lowest BCUT2D eigenvalue weighted by molar-refractivity contribution is 0.134. The number of imidazole rings is 2. The molecule has 0 aliphatic carbocycles. The Bertz CT molecular complexity index is 803. The summed E-state index contributed by atoms with van der Waals surface area (Å²) in [6, 6.07) is 4.24. The summed E-state index contributed by atoms with van der Waals surface area (Å²) in [7, 11) is 0. The van der Waals surface area contributed by atoms with E-state index in [9.17, 15) is 5.11 Å². The van der Waals surface area contributed by atoms with Crippen LogP contribution in [0.3, 0.4) is 0 Å². The Morgan fingerprint density at radius 1 is 1.09 bits per heavy atom. The fourth-order valence-corrected chi connectivity index (χ4v) is 2.93. The van der Waals surface area contributed by atoms with Gasteiger partial charge in [-0.1, -0.05) is 6.92 Å². The minimum absolute atomic E-state index is 0.473. The number of benzene rings is 1. The second-order valence-electron chi connectivity index (χ2n) is 6.22. The molecule has 122 valence electrons. The van der Waals surface area contributed by atoms with Crippen molar-refractivity contribution in [1.29, 1.82) is 0 Å². The molecular weight excluding hydrogens is 288 g/mol. The van der Waals surface area contributed by atoms with Crippen LogP contribution in [-0.2, 0) is 19.5 Å². The van der Waals surface area contributed by atoms with Crippen molar-refractivity contribution in [3.8, 4) is 0 Å². The van der Waals surface area contributed by atoms with E-state index in [0.717, 1.165) is 29.7 Å². The summed E-state index contributed by atoms with van der Waals surface area (Å²) in [6.07, 6.45) is 7.07. The second kappa shape index (κ2) is 6.54. The Labute approximate surface area is 136 Å². The molecule has 23 heavy (non-hydrogen) atoms. The van der Waals surface area contributed by atoms with Crippen LogP contribution < -0.4 is 0 Å². The first-order valence-electron chi connectivity index (χ1n) is 8.18. The third-order valence-corrected chi connectivity index (χ3v) is 4.33. The van der Waals surface area contributed by atoms with Crippen molar-refractivity contribution in [2.45, 2.75) is 52.8 Å². The molecule has 0 radical (unpaired) electrons. The van der Waals surface area contributed by atoms with Gasteiger partial charge in [0.2, 0.25) is 0 Å². The molecule has 0 spiro atoms. The van der Waals surface area contributed by atoms with Gasteiger partial charge in [-0.15, -0.1) is 0 Å². The largest absolute Gasteiger partial charge is 0.389 e. The van der Waals surface area contributed by atoms with Crippen LogP contribution in [0.2, 0.25) is 0 Å². The first kappa shape index (κ1) is 15.7. The van der Waals surface area contributed by atoms with Crippen molar-refractivity contribution < 1.29 is 5.11 Å². The van der Waals surface area contributed by atoms with Gasteiger partial charge in [0, 0.05) is 18.8 Å². The van der Waals surface area contributed by atoms with E-state index < -0.39 is 6.10 Å². The van der Waals surface area contributed by atoms with Gasteiger partial charge in [-0.25, -0.2) is 9.97 Å².